The normalized spacial score (nSPS) is 29.3. The molecular weight excluding hydrogens is 2210 g/mol. The highest BCUT2D eigenvalue weighted by molar-refractivity contribution is 8.08. The summed E-state index contributed by atoms with van der Waals surface area (Å²) in [5.41, 5.74) is 36.0. The molecule has 0 aromatic carbocycles. The Kier molecular flexibility index (Phi) is 31.4. The van der Waals surface area contributed by atoms with E-state index < -0.39 is 275 Å². The van der Waals surface area contributed by atoms with Crippen molar-refractivity contribution < 1.29 is 135 Å². The first kappa shape index (κ1) is 109. The van der Waals surface area contributed by atoms with Gasteiger partial charge in [0.25, 0.3) is 22.2 Å². The van der Waals surface area contributed by atoms with E-state index >= 15 is 0 Å². The lowest BCUT2D eigenvalue weighted by Crippen LogP contribution is -2.32. The number of hydrogen-bond acceptors (Lipinski definition) is 52. The van der Waals surface area contributed by atoms with Crippen LogP contribution in [0.1, 0.15) is 125 Å². The first-order valence-electron chi connectivity index (χ1n) is 44.2. The van der Waals surface area contributed by atoms with Gasteiger partial charge in [-0.15, -0.1) is 0 Å². The van der Waals surface area contributed by atoms with Crippen LogP contribution < -0.4 is 79.4 Å². The Morgan fingerprint density at radius 3 is 0.946 bits per heavy atom. The summed E-state index contributed by atoms with van der Waals surface area (Å²) < 4.78 is 158. The lowest BCUT2D eigenvalue weighted by atomic mass is 10.1. The number of aromatic nitrogens is 22. The van der Waals surface area contributed by atoms with Crippen molar-refractivity contribution in [2.24, 2.45) is 0 Å². The monoisotopic (exact) mass is 2310 g/mol. The van der Waals surface area contributed by atoms with Crippen LogP contribution in [0.15, 0.2) is 77.5 Å². The van der Waals surface area contributed by atoms with Gasteiger partial charge >= 0.3 is 66.1 Å². The fraction of sp³-hybridized carbons (Fsp3) is 0.549. The van der Waals surface area contributed by atoms with E-state index in [-0.39, 0.29) is 117 Å². The number of nitrogens with one attached hydrogen (secondary N) is 4. The van der Waals surface area contributed by atoms with E-state index in [1.54, 1.807) is 13.8 Å². The highest BCUT2D eigenvalue weighted by atomic mass is 32.5. The number of nitrogen functional groups attached to an aromatic ring is 7. The molecule has 0 bridgehead atoms. The lowest BCUT2D eigenvalue weighted by molar-refractivity contribution is -0.144. The predicted molar refractivity (Wildman–Crippen MR) is 526 cm³/mol. The Morgan fingerprint density at radius 2 is 0.622 bits per heavy atom. The van der Waals surface area contributed by atoms with Crippen LogP contribution >= 0.6 is 49.0 Å². The van der Waals surface area contributed by atoms with Crippen LogP contribution in [0.25, 0.3) is 44.7 Å². The first-order valence-corrected chi connectivity index (χ1v) is 60.4. The lowest BCUT2D eigenvalue weighted by Gasteiger charge is -2.30. The average Bonchev–Trinajstić information content (AvgIpc) is 1.90. The number of aromatic amines is 4. The Labute approximate surface area is 852 Å². The number of anilines is 7. The molecule has 7 unspecified atom stereocenters. The molecule has 0 saturated carbocycles. The number of fused-ring (bicyclic) bond motifs is 4. The molecule has 0 aliphatic carbocycles. The van der Waals surface area contributed by atoms with E-state index in [0.717, 1.165) is 27.1 Å². The highest BCUT2D eigenvalue weighted by Gasteiger charge is 2.54. The molecule has 11 aromatic rings. The minimum absolute atomic E-state index is 0.0237. The maximum atomic E-state index is 14.6. The summed E-state index contributed by atoms with van der Waals surface area (Å²) in [7, 11) is -9.06. The van der Waals surface area contributed by atoms with Gasteiger partial charge in [0.2, 0.25) is 23.8 Å². The van der Waals surface area contributed by atoms with Crippen LogP contribution in [0.4, 0.5) is 41.2 Å². The van der Waals surface area contributed by atoms with Crippen molar-refractivity contribution in [3.8, 4) is 0 Å². The van der Waals surface area contributed by atoms with Gasteiger partial charge in [-0.25, -0.2) is 38.9 Å². The van der Waals surface area contributed by atoms with Gasteiger partial charge in [-0.1, -0.05) is 6.92 Å². The Balaban J connectivity index is 0.583. The summed E-state index contributed by atoms with van der Waals surface area (Å²) in [4.78, 5) is 231. The molecule has 7 aliphatic rings. The molecule has 0 radical (unpaired) electrons. The number of H-pyrrole nitrogens is 4. The van der Waals surface area contributed by atoms with Gasteiger partial charge in [0.05, 0.1) is 94.0 Å². The SMILES string of the molecule is CC[C@H]1O[C@@H](n2cnc3c(=O)[nH]c(N)nc32)C[C@H]1OP(O)(=S)OC[C@H]1O[C@@H](n2cc(C)c(N)nc2=O)C[C@H]1OP(O)(=S)OC[C@H]1O[C@@H](n2cnc3c(=O)[nH]c(N)nc32)C[C@H]1OP(O)(=S)OC[C@H]1O[C@@H](n2cc(C)c(N)nc2=O)C[C@H]1OP(O)(=S)O[C@H]1O[C@@H](n2cnc3c(=O)[nH]c(N)nc32)C[C@H]1OP(O)(=S)O[C@H]1O[C@@H](n2cc(C)c(N)nc2=O)C[C@H]1OP(=O)(O)CC[C@H]1O[C@@H](n2cnc3c(=O)[nH]c(N)nc32)C[C@H]1OP(=O)(O)OC. The fourth-order valence-electron chi connectivity index (χ4n) is 17.4. The zero-order valence-electron chi connectivity index (χ0n) is 77.1. The second-order valence-corrected chi connectivity index (χ2v) is 51.8. The molecule has 7 aliphatic heterocycles. The third-order valence-electron chi connectivity index (χ3n) is 24.4. The van der Waals surface area contributed by atoms with Gasteiger partial charge in [0.15, 0.2) is 57.2 Å². The van der Waals surface area contributed by atoms with Crippen LogP contribution in [-0.2, 0) is 160 Å². The number of nitrogens with zero attached hydrogens (tertiary/aromatic N) is 18. The van der Waals surface area contributed by atoms with Gasteiger partial charge in [-0.05, 0) is 92.6 Å². The zero-order chi connectivity index (χ0) is 106. The molecule has 65 nitrogen and oxygen atoms in total. The summed E-state index contributed by atoms with van der Waals surface area (Å²) in [6.45, 7) is -20.0. The van der Waals surface area contributed by atoms with Crippen LogP contribution in [-0.4, -0.2) is 260 Å². The van der Waals surface area contributed by atoms with Gasteiger partial charge < -0.3 is 139 Å². The van der Waals surface area contributed by atoms with E-state index in [2.05, 4.69) is 79.3 Å². The summed E-state index contributed by atoms with van der Waals surface area (Å²) in [6, 6.07) is 0. The Hall–Kier alpha value is -8.73. The van der Waals surface area contributed by atoms with E-state index in [0.29, 0.717) is 12.0 Å². The van der Waals surface area contributed by atoms with Crippen LogP contribution in [0.2, 0.25) is 0 Å². The fourth-order valence-corrected chi connectivity index (χ4v) is 27.1. The van der Waals surface area contributed by atoms with Crippen molar-refractivity contribution in [3.63, 3.8) is 0 Å². The summed E-state index contributed by atoms with van der Waals surface area (Å²) in [6.07, 6.45) is -25.2. The minimum Gasteiger partial charge on any atom is -0.383 e. The van der Waals surface area contributed by atoms with Crippen LogP contribution in [0.5, 0.6) is 0 Å². The predicted octanol–water partition coefficient (Wildman–Crippen LogP) is -0.186. The molecule has 77 heteroatoms. The van der Waals surface area contributed by atoms with Crippen molar-refractivity contribution in [1.29, 1.82) is 0 Å². The molecule has 7 saturated heterocycles. The number of phosphoric acid groups is 1. The van der Waals surface area contributed by atoms with Gasteiger partial charge in [-0.3, -0.25) is 103 Å². The molecule has 11 aromatic heterocycles. The Morgan fingerprint density at radius 1 is 0.358 bits per heavy atom. The third-order valence-corrected chi connectivity index (χ3v) is 34.6. The molecule has 18 heterocycles. The standard InChI is InChI=1S/C71H94N29O36P7S5/c1-6-29-31(9-44(121-29)97-22-79-48-55(97)86-65(75)90-59(48)101)130-139(112,144)118-19-38-33(11-41(123-38)94-16-26(2)52(72)83-69(94)105)131-140(113,145)119-20-39-34(13-46(125-39)99-24-81-50-57(99)88-67(77)92-61(50)103)132-141(114,146)120-21-40-35(12-42(124-40)95-17-27(3)53(73)84-70(95)106)133-142(115,147)136-64-37(15-47(127-64)100-25-82-51-58(100)89-68(78)93-62(51)104)134-143(116,148)135-63-36(14-43(126-63)96-18-28(4)54(74)85-71(96)107)128-137(108,109)8-7-30-32(129-138(110,111)117-5)10-45(122-30)98-23-80-49-56(98)87-66(76)91-60(49)102/h16-18,22-25,29-47,63-64H,6-15,19-21H2,1-5H3,(H,108,109)(H,110,111)(H,112,144)(H,113,145)(H,114,146)(H,115,147)(H,116,148)(H2,72,83,105)(H2,73,84,106)(H2,74,85,107)(H3,75,86,90,101)(H3,76,87,91,102)(H3,77,88,92,103)(H3,78,89,93,104)/t29-,30-,31-,32-,33-,34-,35-,36-,37-,38-,39-,40-,41-,42-,43-,44-,45-,46-,47-,63-,64-,139?,140?,141?,142?,143?/m1/s1. The molecule has 25 N–H and O–H groups in total. The van der Waals surface area contributed by atoms with E-state index in [4.69, 9.17) is 187 Å². The summed E-state index contributed by atoms with van der Waals surface area (Å²) in [5.74, 6) is -1.67. The quantitative estimate of drug-likeness (QED) is 0.0222. The second kappa shape index (κ2) is 42.6. The maximum Gasteiger partial charge on any atom is 0.472 e. The number of rotatable bonds is 39. The van der Waals surface area contributed by atoms with Crippen molar-refractivity contribution in [3.05, 3.63) is 133 Å². The van der Waals surface area contributed by atoms with Crippen LogP contribution in [0.3, 0.4) is 0 Å². The smallest absolute Gasteiger partial charge is 0.383 e. The molecule has 148 heavy (non-hydrogen) atoms. The number of nitrogens with two attached hydrogens (primary N) is 7. The first-order chi connectivity index (χ1) is 69.7. The topological polar surface area (TPSA) is 901 Å². The number of aryl methyl sites for hydroxylation is 3. The third kappa shape index (κ3) is 24.1. The van der Waals surface area contributed by atoms with Gasteiger partial charge in [-0.2, -0.15) is 34.9 Å². The summed E-state index contributed by atoms with van der Waals surface area (Å²) in [5, 5.41) is 0. The molecule has 0 spiro atoms. The van der Waals surface area contributed by atoms with Gasteiger partial charge in [0, 0.05) is 87.3 Å². The second-order valence-electron chi connectivity index (χ2n) is 34.5. The van der Waals surface area contributed by atoms with Crippen molar-refractivity contribution in [2.75, 3.05) is 73.2 Å². The summed E-state index contributed by atoms with van der Waals surface area (Å²) >= 11 is 28.4. The van der Waals surface area contributed by atoms with Crippen molar-refractivity contribution in [1.82, 2.24) is 107 Å². The molecular formula is C71H94N29O36P7S5. The molecule has 7 fully saturated rings. The zero-order valence-corrected chi connectivity index (χ0v) is 87.4. The average molecular weight is 2310 g/mol. The van der Waals surface area contributed by atoms with E-state index in [1.807, 2.05) is 0 Å². The minimum atomic E-state index is -5.11. The van der Waals surface area contributed by atoms with E-state index in [9.17, 15) is 76.9 Å². The van der Waals surface area contributed by atoms with Crippen LogP contribution in [0, 0.1) is 20.8 Å². The maximum absolute atomic E-state index is 14.6. The molecule has 804 valence electrons. The highest BCUT2D eigenvalue weighted by Crippen LogP contribution is 2.61. The molecule has 18 rings (SSSR count). The number of imidazole rings is 4. The molecule has 0 amide bonds. The van der Waals surface area contributed by atoms with Crippen molar-refractivity contribution >= 4 is 194 Å². The largest absolute Gasteiger partial charge is 0.472 e. The number of hydrogen-bond donors (Lipinski definition) is 18. The van der Waals surface area contributed by atoms with E-state index in [1.165, 1.54) is 69.7 Å². The Bertz CT molecular complexity index is 7820. The number of ether oxygens (including phenoxy) is 7. The number of phosphoric ester groups is 1. The van der Waals surface area contributed by atoms with Gasteiger partial charge in [0.1, 0.15) is 91.6 Å². The molecule has 28 atom stereocenters. The van der Waals surface area contributed by atoms with Crippen molar-refractivity contribution in [2.45, 2.75) is 215 Å².